The van der Waals surface area contributed by atoms with Crippen molar-refractivity contribution in [1.82, 2.24) is 30.6 Å². The number of halogens is 3. The Kier molecular flexibility index (Phi) is 14.7. The average Bonchev–Trinajstić information content (AvgIpc) is 3.94. The van der Waals surface area contributed by atoms with E-state index >= 15 is 0 Å². The molecule has 2 aliphatic rings. The lowest BCUT2D eigenvalue weighted by atomic mass is 9.77. The van der Waals surface area contributed by atoms with Crippen molar-refractivity contribution in [2.75, 3.05) is 19.8 Å². The smallest absolute Gasteiger partial charge is 0.407 e. The standard InChI is InChI=1S/C52H51Cl3N6O6/c1-34(2)46(58-50(65)66-31-43-41-25-14-12-23-39(41)40-24-13-15-26-42(40)43)47(62)57-45(48(63)61-28-16-27-44(59-61)49(64)67-32-51(53,54)55)29-38-30-60(33-56-38)52(35-17-6-3-7-18-35,36-19-8-4-9-20-36)37-21-10-5-11-22-37/h3-15,17-26,30,33-34,43-46,59H,16,27-29,31-32H2,1-2H3,(H,57,62)(H,58,65)/t44-,45-,46-/m0/s1. The summed E-state index contributed by atoms with van der Waals surface area (Å²) in [6.07, 6.45) is 3.58. The Morgan fingerprint density at radius 1 is 0.746 bits per heavy atom. The molecule has 6 aromatic rings. The summed E-state index contributed by atoms with van der Waals surface area (Å²) in [7, 11) is 0. The molecule has 5 aromatic carbocycles. The number of imidazole rings is 1. The molecule has 0 unspecified atom stereocenters. The first-order chi connectivity index (χ1) is 32.3. The summed E-state index contributed by atoms with van der Waals surface area (Å²) >= 11 is 17.5. The highest BCUT2D eigenvalue weighted by atomic mass is 35.6. The zero-order chi connectivity index (χ0) is 47.1. The summed E-state index contributed by atoms with van der Waals surface area (Å²) in [5.41, 5.74) is 9.79. The summed E-state index contributed by atoms with van der Waals surface area (Å²) in [5, 5.41) is 7.03. The first kappa shape index (κ1) is 47.3. The molecule has 0 spiro atoms. The summed E-state index contributed by atoms with van der Waals surface area (Å²) in [5.74, 6) is -2.44. The number of aromatic nitrogens is 2. The zero-order valence-corrected chi connectivity index (χ0v) is 39.3. The fourth-order valence-corrected chi connectivity index (χ4v) is 9.33. The van der Waals surface area contributed by atoms with Crippen LogP contribution >= 0.6 is 34.8 Å². The minimum Gasteiger partial charge on any atom is -0.460 e. The van der Waals surface area contributed by atoms with Crippen molar-refractivity contribution in [3.05, 3.63) is 186 Å². The molecule has 8 rings (SSSR count). The minimum atomic E-state index is -1.82. The topological polar surface area (TPSA) is 144 Å². The number of rotatable bonds is 15. The Labute approximate surface area is 404 Å². The second-order valence-corrected chi connectivity index (χ2v) is 19.6. The van der Waals surface area contributed by atoms with E-state index in [0.717, 1.165) is 38.9 Å². The van der Waals surface area contributed by atoms with Gasteiger partial charge in [0.1, 0.15) is 36.9 Å². The molecule has 0 radical (unpaired) electrons. The number of fused-ring (bicyclic) bond motifs is 3. The van der Waals surface area contributed by atoms with Gasteiger partial charge in [-0.25, -0.2) is 15.2 Å². The number of hydrogen-bond donors (Lipinski definition) is 3. The Bertz CT molecular complexity index is 2540. The molecule has 346 valence electrons. The SMILES string of the molecule is CC(C)[C@H](NC(=O)OCC1c2ccccc2-c2ccccc21)C(=O)N[C@@H](Cc1cn(C(c2ccccc2)(c2ccccc2)c2ccccc2)cn1)C(=O)N1CCC[C@@H](C(=O)OCC(Cl)(Cl)Cl)N1. The highest BCUT2D eigenvalue weighted by Crippen LogP contribution is 2.45. The third-order valence-electron chi connectivity index (χ3n) is 12.3. The number of amides is 3. The van der Waals surface area contributed by atoms with E-state index in [9.17, 15) is 19.2 Å². The normalized spacial score (nSPS) is 15.8. The van der Waals surface area contributed by atoms with Gasteiger partial charge in [-0.1, -0.05) is 188 Å². The van der Waals surface area contributed by atoms with Gasteiger partial charge in [-0.15, -0.1) is 0 Å². The number of alkyl carbamates (subject to hydrolysis) is 1. The maximum absolute atomic E-state index is 14.7. The maximum Gasteiger partial charge on any atom is 0.407 e. The summed E-state index contributed by atoms with van der Waals surface area (Å²) in [4.78, 5) is 60.7. The van der Waals surface area contributed by atoms with Crippen LogP contribution in [0.1, 0.15) is 66.1 Å². The highest BCUT2D eigenvalue weighted by Gasteiger charge is 2.40. The molecule has 3 atom stereocenters. The highest BCUT2D eigenvalue weighted by molar-refractivity contribution is 6.67. The number of hydrogen-bond acceptors (Lipinski definition) is 8. The van der Waals surface area contributed by atoms with Gasteiger partial charge in [-0.3, -0.25) is 19.4 Å². The predicted molar refractivity (Wildman–Crippen MR) is 258 cm³/mol. The van der Waals surface area contributed by atoms with E-state index in [1.165, 1.54) is 5.01 Å². The lowest BCUT2D eigenvalue weighted by Crippen LogP contribution is -2.62. The van der Waals surface area contributed by atoms with Crippen LogP contribution in [0.5, 0.6) is 0 Å². The van der Waals surface area contributed by atoms with Crippen molar-refractivity contribution in [1.29, 1.82) is 0 Å². The van der Waals surface area contributed by atoms with E-state index in [0.29, 0.717) is 18.5 Å². The number of benzene rings is 5. The van der Waals surface area contributed by atoms with Crippen LogP contribution in [0.3, 0.4) is 0 Å². The Morgan fingerprint density at radius 3 is 1.82 bits per heavy atom. The molecule has 2 heterocycles. The molecule has 1 aliphatic heterocycles. The molecule has 1 aliphatic carbocycles. The number of carbonyl (C=O) groups excluding carboxylic acids is 4. The quantitative estimate of drug-likeness (QED) is 0.0527. The summed E-state index contributed by atoms with van der Waals surface area (Å²) in [6, 6.07) is 43.1. The number of ether oxygens (including phenoxy) is 2. The van der Waals surface area contributed by atoms with E-state index < -0.39 is 63.9 Å². The lowest BCUT2D eigenvalue weighted by molar-refractivity contribution is -0.153. The van der Waals surface area contributed by atoms with E-state index in [1.54, 1.807) is 20.2 Å². The molecular weight excluding hydrogens is 911 g/mol. The molecule has 3 amide bonds. The fourth-order valence-electron chi connectivity index (χ4n) is 9.17. The largest absolute Gasteiger partial charge is 0.460 e. The fraction of sp³-hybridized carbons (Fsp3) is 0.288. The van der Waals surface area contributed by atoms with Crippen LogP contribution in [0.25, 0.3) is 11.1 Å². The monoisotopic (exact) mass is 960 g/mol. The maximum atomic E-state index is 14.7. The molecule has 1 aromatic heterocycles. The lowest BCUT2D eigenvalue weighted by Gasteiger charge is -2.37. The molecule has 1 saturated heterocycles. The molecule has 12 nitrogen and oxygen atoms in total. The molecule has 15 heteroatoms. The number of hydrazine groups is 1. The van der Waals surface area contributed by atoms with Gasteiger partial charge in [-0.2, -0.15) is 0 Å². The van der Waals surface area contributed by atoms with Gasteiger partial charge in [0.2, 0.25) is 9.70 Å². The summed E-state index contributed by atoms with van der Waals surface area (Å²) < 4.78 is 11.3. The van der Waals surface area contributed by atoms with Crippen molar-refractivity contribution in [2.45, 2.75) is 66.5 Å². The second-order valence-electron chi connectivity index (χ2n) is 17.1. The van der Waals surface area contributed by atoms with Crippen LogP contribution in [0, 0.1) is 5.92 Å². The number of nitrogens with zero attached hydrogens (tertiary/aromatic N) is 3. The Morgan fingerprint density at radius 2 is 1.28 bits per heavy atom. The van der Waals surface area contributed by atoms with E-state index in [2.05, 4.69) is 64.6 Å². The first-order valence-electron chi connectivity index (χ1n) is 22.3. The van der Waals surface area contributed by atoms with Gasteiger partial charge in [-0.05, 0) is 57.7 Å². The van der Waals surface area contributed by atoms with Crippen molar-refractivity contribution < 1.29 is 28.7 Å². The molecule has 0 bridgehead atoms. The minimum absolute atomic E-state index is 0.0532. The van der Waals surface area contributed by atoms with Crippen molar-refractivity contribution in [3.8, 4) is 11.1 Å². The molecule has 67 heavy (non-hydrogen) atoms. The first-order valence-corrected chi connectivity index (χ1v) is 23.4. The van der Waals surface area contributed by atoms with Gasteiger partial charge in [0, 0.05) is 25.1 Å². The van der Waals surface area contributed by atoms with E-state index in [1.807, 2.05) is 102 Å². The summed E-state index contributed by atoms with van der Waals surface area (Å²) in [6.45, 7) is 3.38. The number of nitrogens with one attached hydrogen (secondary N) is 3. The zero-order valence-electron chi connectivity index (χ0n) is 37.0. The van der Waals surface area contributed by atoms with Crippen LogP contribution in [0.15, 0.2) is 152 Å². The number of alkyl halides is 3. The number of esters is 1. The van der Waals surface area contributed by atoms with Crippen molar-refractivity contribution in [2.24, 2.45) is 5.92 Å². The second kappa shape index (κ2) is 20.8. The van der Waals surface area contributed by atoms with E-state index in [4.69, 9.17) is 49.3 Å². The van der Waals surface area contributed by atoms with Crippen LogP contribution in [-0.2, 0) is 35.8 Å². The number of carbonyl (C=O) groups is 4. The van der Waals surface area contributed by atoms with Crippen LogP contribution in [-0.4, -0.2) is 80.1 Å². The van der Waals surface area contributed by atoms with Crippen molar-refractivity contribution >= 4 is 58.7 Å². The molecular formula is C52H51Cl3N6O6. The van der Waals surface area contributed by atoms with Gasteiger partial charge in [0.15, 0.2) is 0 Å². The van der Waals surface area contributed by atoms with Crippen LogP contribution in [0.4, 0.5) is 4.79 Å². The Balaban J connectivity index is 1.07. The molecule has 0 saturated carbocycles. The van der Waals surface area contributed by atoms with Crippen LogP contribution in [0.2, 0.25) is 0 Å². The van der Waals surface area contributed by atoms with Crippen LogP contribution < -0.4 is 16.1 Å². The third-order valence-corrected chi connectivity index (χ3v) is 12.6. The van der Waals surface area contributed by atoms with Gasteiger partial charge in [0.05, 0.1) is 12.0 Å². The predicted octanol–water partition coefficient (Wildman–Crippen LogP) is 8.72. The Hall–Kier alpha value is -6.18. The van der Waals surface area contributed by atoms with Gasteiger partial charge >= 0.3 is 12.1 Å². The van der Waals surface area contributed by atoms with E-state index in [-0.39, 0.29) is 25.5 Å². The third kappa shape index (κ3) is 10.5. The molecule has 1 fully saturated rings. The van der Waals surface area contributed by atoms with Gasteiger partial charge < -0.3 is 24.7 Å². The molecule has 3 N–H and O–H groups in total. The van der Waals surface area contributed by atoms with Crippen molar-refractivity contribution in [3.63, 3.8) is 0 Å². The van der Waals surface area contributed by atoms with Gasteiger partial charge in [0.25, 0.3) is 5.91 Å². The average molecular weight is 962 g/mol.